The minimum Gasteiger partial charge on any atom is -0.481 e. The number of fused-ring (bicyclic) bond motifs is 3. The lowest BCUT2D eigenvalue weighted by Crippen LogP contribution is -2.19. The number of methoxy groups -OCH3 is 1. The second-order valence-electron chi connectivity index (χ2n) is 7.83. The Morgan fingerprint density at radius 2 is 1.91 bits per heavy atom. The van der Waals surface area contributed by atoms with Crippen molar-refractivity contribution in [2.75, 3.05) is 19.0 Å². The maximum absolute atomic E-state index is 12.2. The number of primary amides is 1. The van der Waals surface area contributed by atoms with Crippen LogP contribution in [0, 0.1) is 0 Å². The van der Waals surface area contributed by atoms with Crippen LogP contribution in [0.15, 0.2) is 42.5 Å². The van der Waals surface area contributed by atoms with Crippen LogP contribution >= 0.6 is 0 Å². The summed E-state index contributed by atoms with van der Waals surface area (Å²) in [5.41, 5.74) is 10.3. The molecule has 1 aromatic heterocycles. The van der Waals surface area contributed by atoms with Gasteiger partial charge in [0.2, 0.25) is 11.8 Å². The molecular formula is C24H25N3O5. The maximum Gasteiger partial charge on any atom is 0.343 e. The van der Waals surface area contributed by atoms with Gasteiger partial charge in [0, 0.05) is 30.2 Å². The predicted molar refractivity (Wildman–Crippen MR) is 120 cm³/mol. The van der Waals surface area contributed by atoms with Crippen LogP contribution in [0.1, 0.15) is 36.1 Å². The van der Waals surface area contributed by atoms with Crippen molar-refractivity contribution >= 4 is 34.4 Å². The first-order valence-corrected chi connectivity index (χ1v) is 10.4. The van der Waals surface area contributed by atoms with Crippen LogP contribution in [-0.2, 0) is 32.1 Å². The van der Waals surface area contributed by atoms with Gasteiger partial charge in [0.1, 0.15) is 5.75 Å². The number of anilines is 1. The zero-order chi connectivity index (χ0) is 22.8. The van der Waals surface area contributed by atoms with E-state index in [0.717, 1.165) is 39.8 Å². The Kier molecular flexibility index (Phi) is 5.85. The average Bonchev–Trinajstić information content (AvgIpc) is 3.32. The van der Waals surface area contributed by atoms with Crippen molar-refractivity contribution < 1.29 is 23.9 Å². The van der Waals surface area contributed by atoms with Crippen LogP contribution in [-0.4, -0.2) is 36.1 Å². The molecule has 4 rings (SSSR count). The smallest absolute Gasteiger partial charge is 0.343 e. The first-order chi connectivity index (χ1) is 15.4. The fourth-order valence-electron chi connectivity index (χ4n) is 4.38. The van der Waals surface area contributed by atoms with Gasteiger partial charge in [0.25, 0.3) is 0 Å². The highest BCUT2D eigenvalue weighted by Crippen LogP contribution is 2.44. The van der Waals surface area contributed by atoms with E-state index in [4.69, 9.17) is 10.5 Å². The fraction of sp³-hybridized carbons (Fsp3) is 0.292. The molecule has 8 heteroatoms. The van der Waals surface area contributed by atoms with Gasteiger partial charge in [0.05, 0.1) is 18.5 Å². The van der Waals surface area contributed by atoms with Crippen molar-refractivity contribution in [2.45, 2.75) is 32.2 Å². The number of carbonyl (C=O) groups is 3. The molecule has 1 aliphatic rings. The SMILES string of the molecule is COC(=O)COc1cccc2c1c1c(n2Cc2ccc(NC(C)=O)cc2)CCC1C(N)=O. The van der Waals surface area contributed by atoms with E-state index in [1.807, 2.05) is 36.4 Å². The number of aromatic nitrogens is 1. The number of rotatable bonds is 7. The summed E-state index contributed by atoms with van der Waals surface area (Å²) in [5.74, 6) is -0.853. The highest BCUT2D eigenvalue weighted by molar-refractivity contribution is 5.98. The zero-order valence-corrected chi connectivity index (χ0v) is 18.0. The van der Waals surface area contributed by atoms with Gasteiger partial charge in [-0.05, 0) is 48.2 Å². The van der Waals surface area contributed by atoms with E-state index < -0.39 is 11.9 Å². The average molecular weight is 435 g/mol. The second kappa shape index (κ2) is 8.74. The molecule has 0 saturated heterocycles. The molecule has 1 aliphatic carbocycles. The van der Waals surface area contributed by atoms with Crippen molar-refractivity contribution in [1.82, 2.24) is 4.57 Å². The molecule has 0 fully saturated rings. The van der Waals surface area contributed by atoms with Crippen LogP contribution in [0.5, 0.6) is 5.75 Å². The molecule has 3 N–H and O–H groups in total. The van der Waals surface area contributed by atoms with Gasteiger partial charge >= 0.3 is 5.97 Å². The van der Waals surface area contributed by atoms with E-state index in [9.17, 15) is 14.4 Å². The quantitative estimate of drug-likeness (QED) is 0.554. The number of hydrogen-bond donors (Lipinski definition) is 2. The largest absolute Gasteiger partial charge is 0.481 e. The first kappa shape index (κ1) is 21.4. The number of ether oxygens (including phenoxy) is 2. The summed E-state index contributed by atoms with van der Waals surface area (Å²) in [6.45, 7) is 1.83. The van der Waals surface area contributed by atoms with E-state index >= 15 is 0 Å². The molecule has 0 bridgehead atoms. The molecule has 0 radical (unpaired) electrons. The number of nitrogens with one attached hydrogen (secondary N) is 1. The predicted octanol–water partition coefficient (Wildman–Crippen LogP) is 2.71. The van der Waals surface area contributed by atoms with Crippen LogP contribution in [0.25, 0.3) is 10.9 Å². The monoisotopic (exact) mass is 435 g/mol. The van der Waals surface area contributed by atoms with Crippen molar-refractivity contribution in [2.24, 2.45) is 5.73 Å². The van der Waals surface area contributed by atoms with Gasteiger partial charge in [-0.15, -0.1) is 0 Å². The van der Waals surface area contributed by atoms with Crippen LogP contribution in [0.3, 0.4) is 0 Å². The maximum atomic E-state index is 12.2. The third kappa shape index (κ3) is 4.03. The third-order valence-corrected chi connectivity index (χ3v) is 5.75. The van der Waals surface area contributed by atoms with E-state index in [1.54, 1.807) is 6.07 Å². The molecule has 1 unspecified atom stereocenters. The summed E-state index contributed by atoms with van der Waals surface area (Å²) >= 11 is 0. The normalized spacial score (nSPS) is 14.8. The van der Waals surface area contributed by atoms with E-state index in [1.165, 1.54) is 14.0 Å². The Hall–Kier alpha value is -3.81. The molecular weight excluding hydrogens is 410 g/mol. The fourth-order valence-corrected chi connectivity index (χ4v) is 4.38. The number of amides is 2. The molecule has 2 amide bonds. The molecule has 0 spiro atoms. The highest BCUT2D eigenvalue weighted by atomic mass is 16.6. The van der Waals surface area contributed by atoms with E-state index in [2.05, 4.69) is 14.6 Å². The molecule has 1 heterocycles. The number of carbonyl (C=O) groups excluding carboxylic acids is 3. The molecule has 32 heavy (non-hydrogen) atoms. The van der Waals surface area contributed by atoms with Crippen LogP contribution < -0.4 is 15.8 Å². The summed E-state index contributed by atoms with van der Waals surface area (Å²) in [7, 11) is 1.31. The summed E-state index contributed by atoms with van der Waals surface area (Å²) in [5, 5.41) is 3.57. The van der Waals surface area contributed by atoms with Gasteiger partial charge in [-0.1, -0.05) is 18.2 Å². The van der Waals surface area contributed by atoms with Gasteiger partial charge in [-0.25, -0.2) is 4.79 Å². The Balaban J connectivity index is 1.77. The standard InChI is InChI=1S/C24H25N3O5/c1-14(28)26-16-8-6-15(7-9-16)12-27-18-4-3-5-20(32-13-21(29)31-2)23(18)22-17(24(25)30)10-11-19(22)27/h3-9,17H,10-13H2,1-2H3,(H2,25,30)(H,26,28). The van der Waals surface area contributed by atoms with Crippen LogP contribution in [0.4, 0.5) is 5.69 Å². The topological polar surface area (TPSA) is 113 Å². The van der Waals surface area contributed by atoms with Gasteiger partial charge in [-0.3, -0.25) is 9.59 Å². The number of esters is 1. The number of benzene rings is 2. The number of nitrogens with zero attached hydrogens (tertiary/aromatic N) is 1. The third-order valence-electron chi connectivity index (χ3n) is 5.75. The van der Waals surface area contributed by atoms with E-state index in [-0.39, 0.29) is 18.4 Å². The Labute approximate surface area is 185 Å². The molecule has 8 nitrogen and oxygen atoms in total. The highest BCUT2D eigenvalue weighted by Gasteiger charge is 2.34. The molecule has 3 aromatic rings. The molecule has 2 aromatic carbocycles. The summed E-state index contributed by atoms with van der Waals surface area (Å²) in [6, 6.07) is 13.3. The van der Waals surface area contributed by atoms with E-state index in [0.29, 0.717) is 18.7 Å². The molecule has 166 valence electrons. The minimum absolute atomic E-state index is 0.121. The number of nitrogens with two attached hydrogens (primary N) is 1. The van der Waals surface area contributed by atoms with Crippen molar-refractivity contribution in [1.29, 1.82) is 0 Å². The summed E-state index contributed by atoms with van der Waals surface area (Å²) in [4.78, 5) is 35.1. The number of hydrogen-bond acceptors (Lipinski definition) is 5. The first-order valence-electron chi connectivity index (χ1n) is 10.4. The lowest BCUT2D eigenvalue weighted by atomic mass is 9.99. The van der Waals surface area contributed by atoms with Crippen molar-refractivity contribution in [3.63, 3.8) is 0 Å². The Morgan fingerprint density at radius 1 is 1.16 bits per heavy atom. The lowest BCUT2D eigenvalue weighted by molar-refractivity contribution is -0.142. The van der Waals surface area contributed by atoms with Gasteiger partial charge in [0.15, 0.2) is 6.61 Å². The molecule has 0 aliphatic heterocycles. The summed E-state index contributed by atoms with van der Waals surface area (Å²) < 4.78 is 12.6. The Morgan fingerprint density at radius 3 is 2.56 bits per heavy atom. The molecule has 1 atom stereocenters. The molecule has 0 saturated carbocycles. The zero-order valence-electron chi connectivity index (χ0n) is 18.0. The van der Waals surface area contributed by atoms with Crippen molar-refractivity contribution in [3.8, 4) is 5.75 Å². The minimum atomic E-state index is -0.483. The summed E-state index contributed by atoms with van der Waals surface area (Å²) in [6.07, 6.45) is 1.36. The lowest BCUT2D eigenvalue weighted by Gasteiger charge is -2.12. The van der Waals surface area contributed by atoms with Gasteiger partial charge < -0.3 is 25.1 Å². The van der Waals surface area contributed by atoms with Crippen molar-refractivity contribution in [3.05, 3.63) is 59.3 Å². The Bertz CT molecular complexity index is 1200. The van der Waals surface area contributed by atoms with Crippen LogP contribution in [0.2, 0.25) is 0 Å². The second-order valence-corrected chi connectivity index (χ2v) is 7.83. The van der Waals surface area contributed by atoms with Gasteiger partial charge in [-0.2, -0.15) is 0 Å².